The van der Waals surface area contributed by atoms with E-state index >= 15 is 0 Å². The Labute approximate surface area is 119 Å². The summed E-state index contributed by atoms with van der Waals surface area (Å²) in [7, 11) is 0. The molecular formula is C15H12BrNO2. The minimum Gasteiger partial charge on any atom is -0.508 e. The van der Waals surface area contributed by atoms with Crippen LogP contribution in [0.3, 0.4) is 0 Å². The summed E-state index contributed by atoms with van der Waals surface area (Å²) >= 11 is 3.32. The van der Waals surface area contributed by atoms with Gasteiger partial charge in [0.2, 0.25) is 0 Å². The molecule has 19 heavy (non-hydrogen) atoms. The maximum Gasteiger partial charge on any atom is 0.185 e. The summed E-state index contributed by atoms with van der Waals surface area (Å²) in [6, 6.07) is 11.6. The van der Waals surface area contributed by atoms with Gasteiger partial charge in [0.15, 0.2) is 5.78 Å². The van der Waals surface area contributed by atoms with Gasteiger partial charge in [-0.1, -0.05) is 22.0 Å². The molecule has 0 aliphatic rings. The number of halogens is 1. The highest BCUT2D eigenvalue weighted by Crippen LogP contribution is 2.23. The molecule has 0 aromatic heterocycles. The Bertz CT molecular complexity index is 633. The molecule has 3 N–H and O–H groups in total. The second kappa shape index (κ2) is 5.71. The van der Waals surface area contributed by atoms with E-state index in [4.69, 9.17) is 5.73 Å². The summed E-state index contributed by atoms with van der Waals surface area (Å²) in [5.41, 5.74) is 7.60. The third-order valence-electron chi connectivity index (χ3n) is 2.59. The topological polar surface area (TPSA) is 63.3 Å². The van der Waals surface area contributed by atoms with E-state index in [1.54, 1.807) is 48.5 Å². The first-order chi connectivity index (χ1) is 9.06. The summed E-state index contributed by atoms with van der Waals surface area (Å²) in [5, 5.41) is 9.29. The number of carbonyl (C=O) groups excluding carboxylic acids is 1. The van der Waals surface area contributed by atoms with E-state index in [9.17, 15) is 9.90 Å². The van der Waals surface area contributed by atoms with Gasteiger partial charge in [-0.3, -0.25) is 4.79 Å². The average Bonchev–Trinajstić information content (AvgIpc) is 2.38. The van der Waals surface area contributed by atoms with Gasteiger partial charge >= 0.3 is 0 Å². The minimum atomic E-state index is -0.0972. The SMILES string of the molecule is Nc1ccc(C(=O)/C=C/c2ccc(O)cc2Br)cc1. The van der Waals surface area contributed by atoms with Gasteiger partial charge in [-0.05, 0) is 54.1 Å². The number of carbonyl (C=O) groups is 1. The maximum atomic E-state index is 11.9. The van der Waals surface area contributed by atoms with E-state index in [2.05, 4.69) is 15.9 Å². The van der Waals surface area contributed by atoms with Crippen LogP contribution in [0.15, 0.2) is 53.0 Å². The van der Waals surface area contributed by atoms with Gasteiger partial charge in [-0.2, -0.15) is 0 Å². The van der Waals surface area contributed by atoms with Crippen LogP contribution in [0.5, 0.6) is 5.75 Å². The van der Waals surface area contributed by atoms with Crippen LogP contribution in [0.25, 0.3) is 6.08 Å². The number of allylic oxidation sites excluding steroid dienone is 1. The standard InChI is InChI=1S/C15H12BrNO2/c16-14-9-13(18)7-3-10(14)4-8-15(19)11-1-5-12(17)6-2-11/h1-9,18H,17H2/b8-4+. The van der Waals surface area contributed by atoms with Crippen LogP contribution in [-0.2, 0) is 0 Å². The highest BCUT2D eigenvalue weighted by atomic mass is 79.9. The van der Waals surface area contributed by atoms with Crippen molar-refractivity contribution in [2.24, 2.45) is 0 Å². The van der Waals surface area contributed by atoms with E-state index in [1.165, 1.54) is 6.08 Å². The fourth-order valence-electron chi connectivity index (χ4n) is 1.56. The Hall–Kier alpha value is -2.07. The zero-order valence-corrected chi connectivity index (χ0v) is 11.6. The van der Waals surface area contributed by atoms with E-state index in [0.717, 1.165) is 10.0 Å². The van der Waals surface area contributed by atoms with Gasteiger partial charge in [0.05, 0.1) is 0 Å². The van der Waals surface area contributed by atoms with Crippen molar-refractivity contribution in [2.45, 2.75) is 0 Å². The Balaban J connectivity index is 2.18. The number of hydrogen-bond acceptors (Lipinski definition) is 3. The third-order valence-corrected chi connectivity index (χ3v) is 3.28. The molecule has 0 atom stereocenters. The van der Waals surface area contributed by atoms with Crippen LogP contribution in [0, 0.1) is 0 Å². The van der Waals surface area contributed by atoms with Crippen LogP contribution in [0.2, 0.25) is 0 Å². The molecule has 0 saturated heterocycles. The minimum absolute atomic E-state index is 0.0972. The summed E-state index contributed by atoms with van der Waals surface area (Å²) < 4.78 is 0.730. The van der Waals surface area contributed by atoms with Crippen molar-refractivity contribution in [3.05, 3.63) is 64.1 Å². The molecule has 0 radical (unpaired) electrons. The van der Waals surface area contributed by atoms with Crippen LogP contribution in [-0.4, -0.2) is 10.9 Å². The summed E-state index contributed by atoms with van der Waals surface area (Å²) in [6.45, 7) is 0. The zero-order valence-electron chi connectivity index (χ0n) is 10.0. The lowest BCUT2D eigenvalue weighted by Gasteiger charge is -2.00. The molecule has 3 nitrogen and oxygen atoms in total. The summed E-state index contributed by atoms with van der Waals surface area (Å²) in [4.78, 5) is 11.9. The van der Waals surface area contributed by atoms with Crippen LogP contribution >= 0.6 is 15.9 Å². The number of phenolic OH excluding ortho intramolecular Hbond substituents is 1. The van der Waals surface area contributed by atoms with Gasteiger partial charge in [-0.15, -0.1) is 0 Å². The molecule has 2 rings (SSSR count). The molecule has 0 heterocycles. The van der Waals surface area contributed by atoms with Crippen LogP contribution in [0.4, 0.5) is 5.69 Å². The fraction of sp³-hybridized carbons (Fsp3) is 0. The Morgan fingerprint density at radius 1 is 1.16 bits per heavy atom. The van der Waals surface area contributed by atoms with Gasteiger partial charge < -0.3 is 10.8 Å². The Morgan fingerprint density at radius 3 is 2.47 bits per heavy atom. The molecule has 0 fully saturated rings. The normalized spacial score (nSPS) is 10.8. The number of rotatable bonds is 3. The molecule has 0 bridgehead atoms. The number of nitrogens with two attached hydrogens (primary N) is 1. The number of benzene rings is 2. The van der Waals surface area contributed by atoms with Gasteiger partial charge in [0.1, 0.15) is 5.75 Å². The number of ketones is 1. The lowest BCUT2D eigenvalue weighted by molar-refractivity contribution is 0.104. The number of hydrogen-bond donors (Lipinski definition) is 2. The number of phenols is 1. The van der Waals surface area contributed by atoms with Crippen molar-refractivity contribution in [2.75, 3.05) is 5.73 Å². The number of anilines is 1. The highest BCUT2D eigenvalue weighted by molar-refractivity contribution is 9.10. The van der Waals surface area contributed by atoms with Crippen LogP contribution < -0.4 is 5.73 Å². The third kappa shape index (κ3) is 3.45. The lowest BCUT2D eigenvalue weighted by atomic mass is 10.1. The number of aromatic hydroxyl groups is 1. The van der Waals surface area contributed by atoms with E-state index in [1.807, 2.05) is 0 Å². The summed E-state index contributed by atoms with van der Waals surface area (Å²) in [5.74, 6) is 0.0776. The second-order valence-electron chi connectivity index (χ2n) is 4.03. The largest absolute Gasteiger partial charge is 0.508 e. The van der Waals surface area contributed by atoms with E-state index in [-0.39, 0.29) is 11.5 Å². The average molecular weight is 318 g/mol. The Morgan fingerprint density at radius 2 is 1.84 bits per heavy atom. The fourth-order valence-corrected chi connectivity index (χ4v) is 2.06. The molecule has 0 amide bonds. The van der Waals surface area contributed by atoms with E-state index < -0.39 is 0 Å². The van der Waals surface area contributed by atoms with Crippen molar-refractivity contribution < 1.29 is 9.90 Å². The lowest BCUT2D eigenvalue weighted by Crippen LogP contribution is -1.94. The first-order valence-electron chi connectivity index (χ1n) is 5.63. The second-order valence-corrected chi connectivity index (χ2v) is 4.88. The molecule has 2 aromatic carbocycles. The molecule has 0 unspecified atom stereocenters. The van der Waals surface area contributed by atoms with Crippen molar-refractivity contribution >= 4 is 33.5 Å². The molecule has 96 valence electrons. The molecule has 0 aliphatic carbocycles. The molecule has 4 heteroatoms. The van der Waals surface area contributed by atoms with Gasteiger partial charge in [-0.25, -0.2) is 0 Å². The van der Waals surface area contributed by atoms with E-state index in [0.29, 0.717) is 11.3 Å². The monoisotopic (exact) mass is 317 g/mol. The first-order valence-corrected chi connectivity index (χ1v) is 6.42. The summed E-state index contributed by atoms with van der Waals surface area (Å²) in [6.07, 6.45) is 3.19. The molecule has 0 aliphatic heterocycles. The van der Waals surface area contributed by atoms with Crippen molar-refractivity contribution in [3.63, 3.8) is 0 Å². The predicted molar refractivity (Wildman–Crippen MR) is 80.0 cm³/mol. The van der Waals surface area contributed by atoms with Crippen molar-refractivity contribution in [3.8, 4) is 5.75 Å². The number of nitrogen functional groups attached to an aromatic ring is 1. The predicted octanol–water partition coefficient (Wildman–Crippen LogP) is 3.63. The smallest absolute Gasteiger partial charge is 0.185 e. The highest BCUT2D eigenvalue weighted by Gasteiger charge is 2.02. The van der Waals surface area contributed by atoms with Gasteiger partial charge in [0.25, 0.3) is 0 Å². The van der Waals surface area contributed by atoms with Crippen LogP contribution in [0.1, 0.15) is 15.9 Å². The maximum absolute atomic E-state index is 11.9. The van der Waals surface area contributed by atoms with Crippen molar-refractivity contribution in [1.29, 1.82) is 0 Å². The zero-order chi connectivity index (χ0) is 13.8. The van der Waals surface area contributed by atoms with Gasteiger partial charge in [0, 0.05) is 15.7 Å². The molecular weight excluding hydrogens is 306 g/mol. The molecule has 0 spiro atoms. The first kappa shape index (κ1) is 13.4. The molecule has 0 saturated carbocycles. The van der Waals surface area contributed by atoms with Crippen molar-refractivity contribution in [1.82, 2.24) is 0 Å². The molecule has 2 aromatic rings. The Kier molecular flexibility index (Phi) is 4.02. The quantitative estimate of drug-likeness (QED) is 0.516.